The van der Waals surface area contributed by atoms with E-state index in [1.165, 1.54) is 11.8 Å². The minimum atomic E-state index is -0.174. The Morgan fingerprint density at radius 1 is 1.22 bits per heavy atom. The summed E-state index contributed by atoms with van der Waals surface area (Å²) in [6.45, 7) is 9.31. The van der Waals surface area contributed by atoms with Crippen LogP contribution in [0.25, 0.3) is 16.5 Å². The van der Waals surface area contributed by atoms with Gasteiger partial charge in [-0.15, -0.1) is 0 Å². The molecule has 4 heteroatoms. The molecule has 0 bridgehead atoms. The molecule has 1 atom stereocenters. The second-order valence-electron chi connectivity index (χ2n) is 6.54. The number of para-hydroxylation sites is 1. The number of hydrogen-bond acceptors (Lipinski definition) is 3. The van der Waals surface area contributed by atoms with Gasteiger partial charge in [-0.3, -0.25) is 0 Å². The number of hydrogen-bond donors (Lipinski definition) is 4. The van der Waals surface area contributed by atoms with Gasteiger partial charge in [-0.05, 0) is 49.3 Å². The first kappa shape index (κ1) is 18.5. The van der Waals surface area contributed by atoms with E-state index in [9.17, 15) is 0 Å². The van der Waals surface area contributed by atoms with Gasteiger partial charge in [-0.25, -0.2) is 0 Å². The normalized spacial score (nSPS) is 12.6. The van der Waals surface area contributed by atoms with Gasteiger partial charge in [0.1, 0.15) is 0 Å². The van der Waals surface area contributed by atoms with E-state index in [0.29, 0.717) is 0 Å². The Morgan fingerprint density at radius 3 is 2.78 bits per heavy atom. The van der Waals surface area contributed by atoms with Crippen LogP contribution in [0.15, 0.2) is 73.1 Å². The quantitative estimate of drug-likeness (QED) is 0.423. The summed E-state index contributed by atoms with van der Waals surface area (Å²) in [6.07, 6.45) is 5.11. The van der Waals surface area contributed by atoms with E-state index in [2.05, 4.69) is 66.4 Å². The van der Waals surface area contributed by atoms with Crippen LogP contribution >= 0.6 is 0 Å². The van der Waals surface area contributed by atoms with Crippen molar-refractivity contribution >= 4 is 28.4 Å². The molecule has 0 amide bonds. The summed E-state index contributed by atoms with van der Waals surface area (Å²) in [4.78, 5) is 3.33. The molecule has 1 heterocycles. The summed E-state index contributed by atoms with van der Waals surface area (Å²) in [6, 6.07) is 16.3. The Bertz CT molecular complexity index is 981. The maximum Gasteiger partial charge on any atom is 0.0915 e. The molecule has 27 heavy (non-hydrogen) atoms. The molecule has 0 fully saturated rings. The zero-order valence-corrected chi connectivity index (χ0v) is 15.8. The summed E-state index contributed by atoms with van der Waals surface area (Å²) >= 11 is 0. The van der Waals surface area contributed by atoms with E-state index in [1.807, 2.05) is 24.4 Å². The van der Waals surface area contributed by atoms with Crippen LogP contribution in [0.2, 0.25) is 0 Å². The zero-order chi connectivity index (χ0) is 19.2. The molecule has 0 radical (unpaired) electrons. The van der Waals surface area contributed by atoms with Crippen LogP contribution < -0.4 is 10.6 Å². The highest BCUT2D eigenvalue weighted by atomic mass is 15.0. The molecular formula is C23H26N4. The first-order valence-corrected chi connectivity index (χ1v) is 9.17. The molecule has 3 rings (SSSR count). The van der Waals surface area contributed by atoms with Crippen LogP contribution in [-0.2, 0) is 0 Å². The molecule has 1 unspecified atom stereocenters. The minimum Gasteiger partial charge on any atom is -0.387 e. The molecule has 0 saturated carbocycles. The van der Waals surface area contributed by atoms with E-state index >= 15 is 0 Å². The molecular weight excluding hydrogens is 332 g/mol. The smallest absolute Gasteiger partial charge is 0.0915 e. The van der Waals surface area contributed by atoms with Crippen LogP contribution in [0.4, 0.5) is 5.69 Å². The molecule has 3 aromatic rings. The largest absolute Gasteiger partial charge is 0.387 e. The van der Waals surface area contributed by atoms with Crippen molar-refractivity contribution < 1.29 is 0 Å². The van der Waals surface area contributed by atoms with Crippen LogP contribution in [0, 0.1) is 12.3 Å². The minimum absolute atomic E-state index is 0.174. The third-order valence-corrected chi connectivity index (χ3v) is 4.57. The molecule has 2 aromatic carbocycles. The van der Waals surface area contributed by atoms with Gasteiger partial charge >= 0.3 is 0 Å². The molecule has 4 N–H and O–H groups in total. The summed E-state index contributed by atoms with van der Waals surface area (Å²) in [7, 11) is 0. The molecule has 1 aromatic heterocycles. The fraction of sp³-hybridized carbons (Fsp3) is 0.174. The van der Waals surface area contributed by atoms with Gasteiger partial charge in [0, 0.05) is 46.8 Å². The SMILES string of the molecule is C=C(c1c[nH]c2ccccc12)C(Nc1cccc(C)c1)/C(=C/C=N)NCC. The maximum absolute atomic E-state index is 7.56. The Kier molecular flexibility index (Phi) is 5.77. The van der Waals surface area contributed by atoms with Gasteiger partial charge in [-0.1, -0.05) is 36.9 Å². The fourth-order valence-electron chi connectivity index (χ4n) is 3.30. The van der Waals surface area contributed by atoms with Gasteiger partial charge in [0.25, 0.3) is 0 Å². The van der Waals surface area contributed by atoms with Gasteiger partial charge < -0.3 is 21.0 Å². The van der Waals surface area contributed by atoms with Crippen molar-refractivity contribution in [1.29, 1.82) is 5.41 Å². The van der Waals surface area contributed by atoms with Crippen LogP contribution in [0.1, 0.15) is 18.1 Å². The number of benzene rings is 2. The van der Waals surface area contributed by atoms with Gasteiger partial charge in [0.15, 0.2) is 0 Å². The number of aromatic nitrogens is 1. The van der Waals surface area contributed by atoms with Gasteiger partial charge in [-0.2, -0.15) is 0 Å². The number of likely N-dealkylation sites (N-methyl/N-ethyl adjacent to an activating group) is 1. The van der Waals surface area contributed by atoms with E-state index in [4.69, 9.17) is 5.41 Å². The van der Waals surface area contributed by atoms with Gasteiger partial charge in [0.2, 0.25) is 0 Å². The van der Waals surface area contributed by atoms with Crippen molar-refractivity contribution in [2.75, 3.05) is 11.9 Å². The highest BCUT2D eigenvalue weighted by Crippen LogP contribution is 2.30. The maximum atomic E-state index is 7.56. The summed E-state index contributed by atoms with van der Waals surface area (Å²) in [5.74, 6) is 0. The number of rotatable bonds is 8. The summed E-state index contributed by atoms with van der Waals surface area (Å²) < 4.78 is 0. The predicted octanol–water partition coefficient (Wildman–Crippen LogP) is 5.11. The van der Waals surface area contributed by atoms with Crippen molar-refractivity contribution in [3.05, 3.63) is 84.2 Å². The zero-order valence-electron chi connectivity index (χ0n) is 15.8. The Labute approximate surface area is 160 Å². The lowest BCUT2D eigenvalue weighted by atomic mass is 9.96. The van der Waals surface area contributed by atoms with Crippen LogP contribution in [-0.4, -0.2) is 23.8 Å². The number of aromatic amines is 1. The Balaban J connectivity index is 2.03. The number of H-pyrrole nitrogens is 1. The van der Waals surface area contributed by atoms with E-state index in [-0.39, 0.29) is 6.04 Å². The summed E-state index contributed by atoms with van der Waals surface area (Å²) in [5, 5.41) is 15.7. The summed E-state index contributed by atoms with van der Waals surface area (Å²) in [5.41, 5.74) is 6.24. The van der Waals surface area contributed by atoms with Crippen LogP contribution in [0.3, 0.4) is 0 Å². The topological polar surface area (TPSA) is 63.7 Å². The van der Waals surface area contributed by atoms with Crippen molar-refractivity contribution in [2.24, 2.45) is 0 Å². The highest BCUT2D eigenvalue weighted by molar-refractivity contribution is 5.94. The standard InChI is InChI=1S/C23H26N4/c1-4-25-22(12-13-24)23(27-18-9-7-8-16(2)14-18)17(3)20-15-26-21-11-6-5-10-19(20)21/h5-15,23-27H,3-4H2,1-2H3/b22-12-,24-13?. The van der Waals surface area contributed by atoms with Crippen molar-refractivity contribution in [2.45, 2.75) is 19.9 Å². The Morgan fingerprint density at radius 2 is 2.04 bits per heavy atom. The third-order valence-electron chi connectivity index (χ3n) is 4.57. The van der Waals surface area contributed by atoms with Crippen molar-refractivity contribution in [3.8, 4) is 0 Å². The first-order chi connectivity index (χ1) is 13.1. The fourth-order valence-corrected chi connectivity index (χ4v) is 3.30. The van der Waals surface area contributed by atoms with E-state index in [0.717, 1.165) is 40.0 Å². The molecule has 138 valence electrons. The van der Waals surface area contributed by atoms with Crippen molar-refractivity contribution in [3.63, 3.8) is 0 Å². The molecule has 0 aliphatic carbocycles. The number of nitrogens with one attached hydrogen (secondary N) is 4. The van der Waals surface area contributed by atoms with E-state index < -0.39 is 0 Å². The second kappa shape index (κ2) is 8.41. The average molecular weight is 358 g/mol. The lowest BCUT2D eigenvalue weighted by Crippen LogP contribution is -2.31. The third kappa shape index (κ3) is 4.11. The Hall–Kier alpha value is -3.27. The first-order valence-electron chi connectivity index (χ1n) is 9.17. The van der Waals surface area contributed by atoms with E-state index in [1.54, 1.807) is 6.08 Å². The molecule has 0 aliphatic rings. The lowest BCUT2D eigenvalue weighted by molar-refractivity contribution is 0.798. The number of allylic oxidation sites excluding steroid dienone is 1. The highest BCUT2D eigenvalue weighted by Gasteiger charge is 2.21. The predicted molar refractivity (Wildman–Crippen MR) is 116 cm³/mol. The van der Waals surface area contributed by atoms with Gasteiger partial charge in [0.05, 0.1) is 6.04 Å². The molecule has 4 nitrogen and oxygen atoms in total. The number of anilines is 1. The average Bonchev–Trinajstić information content (AvgIpc) is 3.10. The lowest BCUT2D eigenvalue weighted by Gasteiger charge is -2.26. The molecule has 0 spiro atoms. The molecule has 0 aliphatic heterocycles. The molecule has 0 saturated heterocycles. The monoisotopic (exact) mass is 358 g/mol. The second-order valence-corrected chi connectivity index (χ2v) is 6.54. The van der Waals surface area contributed by atoms with Crippen LogP contribution in [0.5, 0.6) is 0 Å². The number of aryl methyl sites for hydroxylation is 1. The number of fused-ring (bicyclic) bond motifs is 1. The van der Waals surface area contributed by atoms with Crippen molar-refractivity contribution in [1.82, 2.24) is 10.3 Å².